The number of fused-ring (bicyclic) bond motifs is 1. The first-order chi connectivity index (χ1) is 18.8. The number of halogens is 2. The molecule has 0 spiro atoms. The molecular weight excluding hydrogens is 543 g/mol. The highest BCUT2D eigenvalue weighted by Crippen LogP contribution is 2.31. The lowest BCUT2D eigenvalue weighted by atomic mass is 10.1. The van der Waals surface area contributed by atoms with E-state index in [1.165, 1.54) is 0 Å². The Hall–Kier alpha value is -2.73. The highest BCUT2D eigenvalue weighted by atomic mass is 35.5. The maximum atomic E-state index is 13.5. The van der Waals surface area contributed by atoms with Crippen LogP contribution in [0, 0.1) is 0 Å². The minimum Gasteiger partial charge on any atom is -0.394 e. The Morgan fingerprint density at radius 2 is 2.03 bits per heavy atom. The Kier molecular flexibility index (Phi) is 8.70. The summed E-state index contributed by atoms with van der Waals surface area (Å²) < 4.78 is 7.00. The van der Waals surface area contributed by atoms with Crippen LogP contribution in [0.4, 0.5) is 10.7 Å². The van der Waals surface area contributed by atoms with Crippen molar-refractivity contribution >= 4 is 35.2 Å². The van der Waals surface area contributed by atoms with Crippen LogP contribution in [0.3, 0.4) is 0 Å². The lowest BCUT2D eigenvalue weighted by molar-refractivity contribution is 0.0323. The summed E-state index contributed by atoms with van der Waals surface area (Å²) in [7, 11) is 0. The first kappa shape index (κ1) is 27.8. The number of ether oxygens (including phenoxy) is 1. The molecule has 3 atom stereocenters. The average molecular weight is 575 g/mol. The van der Waals surface area contributed by atoms with Crippen molar-refractivity contribution in [2.75, 3.05) is 31.7 Å². The lowest BCUT2D eigenvalue weighted by Crippen LogP contribution is -2.55. The van der Waals surface area contributed by atoms with Gasteiger partial charge in [0.2, 0.25) is 5.95 Å². The maximum absolute atomic E-state index is 13.5. The summed E-state index contributed by atoms with van der Waals surface area (Å²) in [6, 6.07) is 7.86. The van der Waals surface area contributed by atoms with Crippen molar-refractivity contribution < 1.29 is 19.7 Å². The van der Waals surface area contributed by atoms with Gasteiger partial charge in [0, 0.05) is 54.7 Å². The van der Waals surface area contributed by atoms with Gasteiger partial charge in [-0.3, -0.25) is 9.88 Å². The Labute approximate surface area is 236 Å². The third-order valence-corrected chi connectivity index (χ3v) is 7.80. The van der Waals surface area contributed by atoms with Crippen LogP contribution in [0.15, 0.2) is 42.7 Å². The molecule has 5 rings (SSSR count). The van der Waals surface area contributed by atoms with Crippen LogP contribution in [0.5, 0.6) is 0 Å². The maximum Gasteiger partial charge on any atom is 0.328 e. The van der Waals surface area contributed by atoms with Crippen molar-refractivity contribution in [3.8, 4) is 11.3 Å². The van der Waals surface area contributed by atoms with Gasteiger partial charge in [-0.25, -0.2) is 14.8 Å². The van der Waals surface area contributed by atoms with Crippen molar-refractivity contribution in [1.82, 2.24) is 24.8 Å². The lowest BCUT2D eigenvalue weighted by Gasteiger charge is -2.37. The molecule has 10 nitrogen and oxygen atoms in total. The number of hydrogen-bond acceptors (Lipinski definition) is 8. The molecule has 1 amide bonds. The van der Waals surface area contributed by atoms with Gasteiger partial charge >= 0.3 is 6.03 Å². The number of nitrogens with one attached hydrogen (secondary N) is 2. The number of benzene rings is 1. The van der Waals surface area contributed by atoms with Crippen LogP contribution >= 0.6 is 23.2 Å². The second-order valence-electron chi connectivity index (χ2n) is 9.88. The van der Waals surface area contributed by atoms with Gasteiger partial charge in [0.25, 0.3) is 0 Å². The zero-order valence-corrected chi connectivity index (χ0v) is 23.1. The molecule has 4 heterocycles. The average Bonchev–Trinajstić information content (AvgIpc) is 3.38. The number of carbonyl (C=O) groups excluding carboxylic acids is 1. The van der Waals surface area contributed by atoms with E-state index in [4.69, 9.17) is 27.9 Å². The molecule has 0 aliphatic carbocycles. The van der Waals surface area contributed by atoms with Crippen LogP contribution in [-0.2, 0) is 11.2 Å². The molecule has 39 heavy (non-hydrogen) atoms. The predicted octanol–water partition coefficient (Wildman–Crippen LogP) is 3.70. The van der Waals surface area contributed by atoms with Gasteiger partial charge in [-0.15, -0.1) is 0 Å². The summed E-state index contributed by atoms with van der Waals surface area (Å²) in [4.78, 5) is 24.1. The summed E-state index contributed by atoms with van der Waals surface area (Å²) in [5.74, 6) is 0.486. The zero-order valence-electron chi connectivity index (χ0n) is 21.6. The number of aliphatic hydroxyl groups is 2. The number of anilines is 1. The minimum absolute atomic E-state index is 0.232. The summed E-state index contributed by atoms with van der Waals surface area (Å²) in [6.45, 7) is 3.36. The fourth-order valence-electron chi connectivity index (χ4n) is 5.01. The Morgan fingerprint density at radius 1 is 1.23 bits per heavy atom. The number of hydrogen-bond donors (Lipinski definition) is 4. The van der Waals surface area contributed by atoms with Gasteiger partial charge in [0.1, 0.15) is 6.23 Å². The largest absolute Gasteiger partial charge is 0.394 e. The van der Waals surface area contributed by atoms with E-state index in [0.717, 1.165) is 29.7 Å². The van der Waals surface area contributed by atoms with Gasteiger partial charge in [-0.2, -0.15) is 0 Å². The molecule has 2 aromatic heterocycles. The summed E-state index contributed by atoms with van der Waals surface area (Å²) in [5, 5.41) is 28.2. The minimum atomic E-state index is -1.09. The molecular formula is C27H32Cl2N6O4. The number of amides is 1. The molecule has 3 aromatic rings. The summed E-state index contributed by atoms with van der Waals surface area (Å²) >= 11 is 12.6. The highest BCUT2D eigenvalue weighted by molar-refractivity contribution is 6.33. The Balaban J connectivity index is 1.30. The van der Waals surface area contributed by atoms with Crippen molar-refractivity contribution in [1.29, 1.82) is 0 Å². The summed E-state index contributed by atoms with van der Waals surface area (Å²) in [6.07, 6.45) is 4.56. The Bertz CT molecular complexity index is 1320. The van der Waals surface area contributed by atoms with E-state index >= 15 is 0 Å². The number of carbonyl (C=O) groups is 1. The number of aromatic nitrogens is 3. The quantitative estimate of drug-likeness (QED) is 0.285. The number of aliphatic hydroxyl groups excluding tert-OH is 2. The van der Waals surface area contributed by atoms with Crippen LogP contribution in [-0.4, -0.2) is 80.4 Å². The van der Waals surface area contributed by atoms with E-state index in [9.17, 15) is 15.0 Å². The van der Waals surface area contributed by atoms with Gasteiger partial charge < -0.3 is 25.2 Å². The zero-order chi connectivity index (χ0) is 27.5. The highest BCUT2D eigenvalue weighted by Gasteiger charge is 2.33. The van der Waals surface area contributed by atoms with Gasteiger partial charge in [0.15, 0.2) is 0 Å². The second kappa shape index (κ2) is 12.2. The topological polar surface area (TPSA) is 125 Å². The fraction of sp³-hybridized carbons (Fsp3) is 0.444. The van der Waals surface area contributed by atoms with E-state index in [1.54, 1.807) is 47.0 Å². The SMILES string of the molecule is C[C@H](C(O)N[C@H](CO)c1cccc(Cl)c1)N1CCc2cc(-c3nc(NC4CCOCC4)ncc3Cl)cn2C1=O. The van der Waals surface area contributed by atoms with Crippen molar-refractivity contribution in [2.24, 2.45) is 0 Å². The van der Waals surface area contributed by atoms with E-state index < -0.39 is 18.3 Å². The second-order valence-corrected chi connectivity index (χ2v) is 10.7. The van der Waals surface area contributed by atoms with E-state index in [2.05, 4.69) is 20.6 Å². The molecule has 0 saturated carbocycles. The standard InChI is InChI=1S/C27H32Cl2N6O4/c1-16(25(37)32-23(15-36)17-3-2-4-19(28)11-17)34-8-5-21-12-18(14-35(21)27(34)38)24-22(29)13-30-26(33-24)31-20-6-9-39-10-7-20/h2-4,11-14,16,20,23,25,32,36-37H,5-10,15H2,1H3,(H,30,31,33)/t16-,23-,25?/m1/s1. The molecule has 2 aliphatic rings. The van der Waals surface area contributed by atoms with Gasteiger partial charge in [-0.05, 0) is 43.5 Å². The van der Waals surface area contributed by atoms with Crippen LogP contribution in [0.25, 0.3) is 11.3 Å². The third kappa shape index (κ3) is 6.21. The van der Waals surface area contributed by atoms with Crippen LogP contribution < -0.4 is 10.6 Å². The van der Waals surface area contributed by atoms with Crippen molar-refractivity contribution in [3.05, 3.63) is 64.0 Å². The van der Waals surface area contributed by atoms with Gasteiger partial charge in [-0.1, -0.05) is 35.3 Å². The smallest absolute Gasteiger partial charge is 0.328 e. The molecule has 0 radical (unpaired) electrons. The molecule has 1 unspecified atom stereocenters. The molecule has 4 N–H and O–H groups in total. The molecule has 1 saturated heterocycles. The number of nitrogens with zero attached hydrogens (tertiary/aromatic N) is 4. The first-order valence-corrected chi connectivity index (χ1v) is 13.8. The fourth-order valence-corrected chi connectivity index (χ4v) is 5.41. The molecule has 2 aliphatic heterocycles. The molecule has 0 bridgehead atoms. The first-order valence-electron chi connectivity index (χ1n) is 13.0. The third-order valence-electron chi connectivity index (χ3n) is 7.29. The molecule has 12 heteroatoms. The Morgan fingerprint density at radius 3 is 2.77 bits per heavy atom. The predicted molar refractivity (Wildman–Crippen MR) is 149 cm³/mol. The molecule has 1 aromatic carbocycles. The normalized spacial score (nSPS) is 18.5. The van der Waals surface area contributed by atoms with E-state index in [1.807, 2.05) is 12.1 Å². The molecule has 1 fully saturated rings. The summed E-state index contributed by atoms with van der Waals surface area (Å²) in [5.41, 5.74) is 2.84. The van der Waals surface area contributed by atoms with Gasteiger partial charge in [0.05, 0.1) is 35.6 Å². The van der Waals surface area contributed by atoms with Crippen LogP contribution in [0.2, 0.25) is 10.0 Å². The molecule has 208 valence electrons. The van der Waals surface area contributed by atoms with Crippen molar-refractivity contribution in [3.63, 3.8) is 0 Å². The van der Waals surface area contributed by atoms with E-state index in [0.29, 0.717) is 47.9 Å². The monoisotopic (exact) mass is 574 g/mol. The van der Waals surface area contributed by atoms with E-state index in [-0.39, 0.29) is 18.7 Å². The number of rotatable bonds is 9. The van der Waals surface area contributed by atoms with Crippen LogP contribution in [0.1, 0.15) is 37.1 Å². The van der Waals surface area contributed by atoms with Crippen molar-refractivity contribution in [2.45, 2.75) is 50.5 Å².